The van der Waals surface area contributed by atoms with E-state index in [-0.39, 0.29) is 11.6 Å². The molecule has 2 rings (SSSR count). The van der Waals surface area contributed by atoms with E-state index in [9.17, 15) is 9.18 Å². The normalized spacial score (nSPS) is 10.9. The number of ketones is 1. The first-order chi connectivity index (χ1) is 8.97. The van der Waals surface area contributed by atoms with Crippen LogP contribution < -0.4 is 5.73 Å². The largest absolute Gasteiger partial charge is 0.397 e. The van der Waals surface area contributed by atoms with Gasteiger partial charge in [0.05, 0.1) is 17.1 Å². The van der Waals surface area contributed by atoms with Crippen molar-refractivity contribution in [3.05, 3.63) is 41.0 Å². The Bertz CT molecular complexity index is 590. The molecule has 0 saturated carbocycles. The Hall–Kier alpha value is -1.72. The molecule has 0 unspecified atom stereocenters. The molecular formula is C14H15FN2OS. The molecule has 3 nitrogen and oxygen atoms in total. The summed E-state index contributed by atoms with van der Waals surface area (Å²) in [5, 5.41) is 0. The lowest BCUT2D eigenvalue weighted by Crippen LogP contribution is -2.21. The molecule has 1 heterocycles. The zero-order valence-corrected chi connectivity index (χ0v) is 11.6. The van der Waals surface area contributed by atoms with Crippen LogP contribution in [-0.2, 0) is 0 Å². The lowest BCUT2D eigenvalue weighted by molar-refractivity contribution is 0.0962. The maximum atomic E-state index is 12.9. The number of halogens is 1. The Morgan fingerprint density at radius 2 is 1.95 bits per heavy atom. The Kier molecular flexibility index (Phi) is 3.97. The highest BCUT2D eigenvalue weighted by Gasteiger charge is 2.15. The topological polar surface area (TPSA) is 46.3 Å². The fourth-order valence-corrected chi connectivity index (χ4v) is 2.75. The summed E-state index contributed by atoms with van der Waals surface area (Å²) in [6, 6.07) is 7.92. The molecule has 1 aromatic heterocycles. The highest BCUT2D eigenvalue weighted by atomic mass is 32.1. The van der Waals surface area contributed by atoms with Crippen LogP contribution in [-0.4, -0.2) is 31.3 Å². The SMILES string of the molecule is CN(C)CC(=O)c1sc(-c2ccc(F)cc2)cc1N. The number of rotatable bonds is 4. The third-order valence-corrected chi connectivity index (χ3v) is 3.84. The Balaban J connectivity index is 2.30. The third-order valence-electron chi connectivity index (χ3n) is 2.60. The van der Waals surface area contributed by atoms with Gasteiger partial charge in [0.1, 0.15) is 5.82 Å². The van der Waals surface area contributed by atoms with E-state index in [1.54, 1.807) is 23.1 Å². The first-order valence-electron chi connectivity index (χ1n) is 5.80. The quantitative estimate of drug-likeness (QED) is 0.875. The van der Waals surface area contributed by atoms with Gasteiger partial charge in [-0.25, -0.2) is 4.39 Å². The fourth-order valence-electron chi connectivity index (χ4n) is 1.74. The fraction of sp³-hybridized carbons (Fsp3) is 0.214. The summed E-state index contributed by atoms with van der Waals surface area (Å²) in [6.07, 6.45) is 0. The number of nitrogens with zero attached hydrogens (tertiary/aromatic N) is 1. The van der Waals surface area contributed by atoms with Gasteiger partial charge in [-0.15, -0.1) is 11.3 Å². The summed E-state index contributed by atoms with van der Waals surface area (Å²) in [5.41, 5.74) is 7.23. The van der Waals surface area contributed by atoms with Crippen LogP contribution in [0.1, 0.15) is 9.67 Å². The molecular weight excluding hydrogens is 263 g/mol. The van der Waals surface area contributed by atoms with Crippen molar-refractivity contribution in [1.82, 2.24) is 4.90 Å². The molecule has 0 aliphatic carbocycles. The molecule has 5 heteroatoms. The maximum Gasteiger partial charge on any atom is 0.188 e. The van der Waals surface area contributed by atoms with Crippen molar-refractivity contribution in [3.8, 4) is 10.4 Å². The van der Waals surface area contributed by atoms with Crippen LogP contribution in [0.4, 0.5) is 10.1 Å². The lowest BCUT2D eigenvalue weighted by atomic mass is 10.2. The van der Waals surface area contributed by atoms with E-state index in [4.69, 9.17) is 5.73 Å². The van der Waals surface area contributed by atoms with Crippen molar-refractivity contribution in [2.24, 2.45) is 0 Å². The Morgan fingerprint density at radius 3 is 2.53 bits per heavy atom. The van der Waals surface area contributed by atoms with E-state index in [1.807, 2.05) is 14.1 Å². The van der Waals surface area contributed by atoms with E-state index in [2.05, 4.69) is 0 Å². The number of nitrogens with two attached hydrogens (primary N) is 1. The maximum absolute atomic E-state index is 12.9. The Morgan fingerprint density at radius 1 is 1.32 bits per heavy atom. The predicted molar refractivity (Wildman–Crippen MR) is 77.0 cm³/mol. The number of thiophene rings is 1. The van der Waals surface area contributed by atoms with Gasteiger partial charge >= 0.3 is 0 Å². The van der Waals surface area contributed by atoms with Gasteiger partial charge in [-0.2, -0.15) is 0 Å². The van der Waals surface area contributed by atoms with Gasteiger partial charge in [-0.05, 0) is 37.9 Å². The highest BCUT2D eigenvalue weighted by Crippen LogP contribution is 2.33. The third kappa shape index (κ3) is 3.19. The van der Waals surface area contributed by atoms with E-state index < -0.39 is 0 Å². The standard InChI is InChI=1S/C14H15FN2OS/c1-17(2)8-12(18)14-11(16)7-13(19-14)9-3-5-10(15)6-4-9/h3-7H,8,16H2,1-2H3. The van der Waals surface area contributed by atoms with E-state index in [0.29, 0.717) is 17.1 Å². The molecule has 1 aromatic carbocycles. The van der Waals surface area contributed by atoms with Crippen molar-refractivity contribution >= 4 is 22.8 Å². The van der Waals surface area contributed by atoms with Crippen LogP contribution in [0, 0.1) is 5.82 Å². The zero-order valence-electron chi connectivity index (χ0n) is 10.8. The van der Waals surface area contributed by atoms with Crippen molar-refractivity contribution in [1.29, 1.82) is 0 Å². The van der Waals surface area contributed by atoms with Crippen molar-refractivity contribution < 1.29 is 9.18 Å². The molecule has 0 aliphatic heterocycles. The van der Waals surface area contributed by atoms with Crippen molar-refractivity contribution in [2.75, 3.05) is 26.4 Å². The number of nitrogen functional groups attached to an aromatic ring is 1. The first-order valence-corrected chi connectivity index (χ1v) is 6.62. The number of carbonyl (C=O) groups is 1. The summed E-state index contributed by atoms with van der Waals surface area (Å²) >= 11 is 1.34. The molecule has 19 heavy (non-hydrogen) atoms. The van der Waals surface area contributed by atoms with Crippen LogP contribution >= 0.6 is 11.3 Å². The second-order valence-corrected chi connectivity index (χ2v) is 5.62. The zero-order chi connectivity index (χ0) is 14.0. The molecule has 100 valence electrons. The summed E-state index contributed by atoms with van der Waals surface area (Å²) in [4.78, 5) is 15.2. The molecule has 2 N–H and O–H groups in total. The lowest BCUT2D eigenvalue weighted by Gasteiger charge is -2.07. The van der Waals surface area contributed by atoms with Crippen molar-refractivity contribution in [3.63, 3.8) is 0 Å². The van der Waals surface area contributed by atoms with Gasteiger partial charge in [0.15, 0.2) is 5.78 Å². The second kappa shape index (κ2) is 5.50. The number of anilines is 1. The second-order valence-electron chi connectivity index (χ2n) is 4.56. The van der Waals surface area contributed by atoms with Gasteiger partial charge in [-0.3, -0.25) is 4.79 Å². The molecule has 2 aromatic rings. The minimum Gasteiger partial charge on any atom is -0.397 e. The molecule has 0 radical (unpaired) electrons. The number of hydrogen-bond donors (Lipinski definition) is 1. The first kappa shape index (κ1) is 13.7. The Labute approximate surface area is 115 Å². The van der Waals surface area contributed by atoms with E-state index in [1.165, 1.54) is 23.5 Å². The number of likely N-dealkylation sites (N-methyl/N-ethyl adjacent to an activating group) is 1. The minimum atomic E-state index is -0.280. The molecule has 0 fully saturated rings. The van der Waals surface area contributed by atoms with E-state index in [0.717, 1.165) is 10.4 Å². The molecule has 0 atom stereocenters. The van der Waals surface area contributed by atoms with Crippen LogP contribution in [0.15, 0.2) is 30.3 Å². The number of hydrogen-bond acceptors (Lipinski definition) is 4. The average molecular weight is 278 g/mol. The van der Waals surface area contributed by atoms with Gasteiger partial charge in [-0.1, -0.05) is 12.1 Å². The minimum absolute atomic E-state index is 0.000798. The smallest absolute Gasteiger partial charge is 0.188 e. The van der Waals surface area contributed by atoms with Crippen LogP contribution in [0.2, 0.25) is 0 Å². The average Bonchev–Trinajstić information content (AvgIpc) is 2.71. The summed E-state index contributed by atoms with van der Waals surface area (Å²) in [7, 11) is 3.67. The molecule has 0 spiro atoms. The number of carbonyl (C=O) groups excluding carboxylic acids is 1. The van der Waals surface area contributed by atoms with Gasteiger partial charge < -0.3 is 10.6 Å². The monoisotopic (exact) mass is 278 g/mol. The summed E-state index contributed by atoms with van der Waals surface area (Å²) in [6.45, 7) is 0.327. The van der Waals surface area contributed by atoms with Crippen molar-refractivity contribution in [2.45, 2.75) is 0 Å². The molecule has 0 aliphatic rings. The number of benzene rings is 1. The van der Waals surface area contributed by atoms with Crippen LogP contribution in [0.25, 0.3) is 10.4 Å². The van der Waals surface area contributed by atoms with Crippen LogP contribution in [0.3, 0.4) is 0 Å². The van der Waals surface area contributed by atoms with E-state index >= 15 is 0 Å². The molecule has 0 saturated heterocycles. The predicted octanol–water partition coefficient (Wildman–Crippen LogP) is 2.88. The highest BCUT2D eigenvalue weighted by molar-refractivity contribution is 7.18. The molecule has 0 bridgehead atoms. The van der Waals surface area contributed by atoms with Gasteiger partial charge in [0.25, 0.3) is 0 Å². The molecule has 0 amide bonds. The van der Waals surface area contributed by atoms with Gasteiger partial charge in [0.2, 0.25) is 0 Å². The van der Waals surface area contributed by atoms with Crippen LogP contribution in [0.5, 0.6) is 0 Å². The number of Topliss-reactive ketones (excluding diaryl/α,β-unsaturated/α-hetero) is 1. The van der Waals surface area contributed by atoms with Gasteiger partial charge in [0, 0.05) is 4.88 Å². The summed E-state index contributed by atoms with van der Waals surface area (Å²) in [5.74, 6) is -0.280. The summed E-state index contributed by atoms with van der Waals surface area (Å²) < 4.78 is 12.9.